The number of ether oxygens (including phenoxy) is 3. The van der Waals surface area contributed by atoms with Crippen LogP contribution in [0.4, 0.5) is 0 Å². The van der Waals surface area contributed by atoms with Crippen molar-refractivity contribution in [1.82, 2.24) is 4.90 Å². The Balaban J connectivity index is 1.83. The first kappa shape index (κ1) is 18.6. The minimum Gasteiger partial charge on any atom is -0.493 e. The number of imide groups is 1. The quantitative estimate of drug-likeness (QED) is 0.629. The van der Waals surface area contributed by atoms with E-state index in [0.29, 0.717) is 33.9 Å². The average molecular weight is 389 g/mol. The Kier molecular flexibility index (Phi) is 4.91. The second-order valence-electron chi connectivity index (χ2n) is 6.43. The fourth-order valence-corrected chi connectivity index (χ4v) is 3.30. The van der Waals surface area contributed by atoms with Crippen molar-refractivity contribution in [2.24, 2.45) is 0 Å². The molecule has 0 N–H and O–H groups in total. The van der Waals surface area contributed by atoms with Crippen molar-refractivity contribution in [3.05, 3.63) is 89.5 Å². The number of hydrogen-bond acceptors (Lipinski definition) is 5. The van der Waals surface area contributed by atoms with E-state index in [0.717, 1.165) is 4.90 Å². The summed E-state index contributed by atoms with van der Waals surface area (Å²) >= 11 is 0. The normalized spacial score (nSPS) is 15.3. The van der Waals surface area contributed by atoms with Crippen molar-refractivity contribution in [2.75, 3.05) is 14.2 Å². The number of methoxy groups -OCH3 is 2. The SMILES string of the molecule is COc1ccc(C2Oc3ccccc3C(=O)N2C(=O)c2ccccc2)cc1OC. The molecule has 0 saturated heterocycles. The second-order valence-corrected chi connectivity index (χ2v) is 6.43. The topological polar surface area (TPSA) is 65.1 Å². The van der Waals surface area contributed by atoms with Gasteiger partial charge in [0.2, 0.25) is 6.23 Å². The molecule has 6 heteroatoms. The van der Waals surface area contributed by atoms with Crippen LogP contribution in [0.5, 0.6) is 17.2 Å². The summed E-state index contributed by atoms with van der Waals surface area (Å²) in [7, 11) is 3.07. The van der Waals surface area contributed by atoms with Gasteiger partial charge in [-0.05, 0) is 42.5 Å². The van der Waals surface area contributed by atoms with Gasteiger partial charge in [-0.1, -0.05) is 30.3 Å². The fraction of sp³-hybridized carbons (Fsp3) is 0.130. The molecule has 0 radical (unpaired) electrons. The summed E-state index contributed by atoms with van der Waals surface area (Å²) in [5.74, 6) is 0.589. The highest BCUT2D eigenvalue weighted by molar-refractivity contribution is 6.12. The molecule has 1 aliphatic rings. The molecule has 0 saturated carbocycles. The highest BCUT2D eigenvalue weighted by Crippen LogP contribution is 2.38. The first-order valence-electron chi connectivity index (χ1n) is 9.04. The number of rotatable bonds is 4. The van der Waals surface area contributed by atoms with Gasteiger partial charge in [-0.3, -0.25) is 9.59 Å². The summed E-state index contributed by atoms with van der Waals surface area (Å²) in [5.41, 5.74) is 1.33. The molecule has 0 aliphatic carbocycles. The van der Waals surface area contributed by atoms with Crippen molar-refractivity contribution in [3.8, 4) is 17.2 Å². The fourth-order valence-electron chi connectivity index (χ4n) is 3.30. The van der Waals surface area contributed by atoms with E-state index in [1.165, 1.54) is 7.11 Å². The molecule has 0 bridgehead atoms. The Morgan fingerprint density at radius 3 is 2.31 bits per heavy atom. The lowest BCUT2D eigenvalue weighted by atomic mass is 10.0. The highest BCUT2D eigenvalue weighted by atomic mass is 16.5. The van der Waals surface area contributed by atoms with Crippen LogP contribution < -0.4 is 14.2 Å². The molecular weight excluding hydrogens is 370 g/mol. The first-order chi connectivity index (χ1) is 14.1. The van der Waals surface area contributed by atoms with Crippen LogP contribution in [0.25, 0.3) is 0 Å². The lowest BCUT2D eigenvalue weighted by Crippen LogP contribution is -2.45. The Labute approximate surface area is 168 Å². The zero-order chi connectivity index (χ0) is 20.4. The Morgan fingerprint density at radius 2 is 1.59 bits per heavy atom. The maximum Gasteiger partial charge on any atom is 0.267 e. The predicted molar refractivity (Wildman–Crippen MR) is 106 cm³/mol. The van der Waals surface area contributed by atoms with Crippen molar-refractivity contribution < 1.29 is 23.8 Å². The van der Waals surface area contributed by atoms with Gasteiger partial charge in [-0.25, -0.2) is 4.90 Å². The zero-order valence-corrected chi connectivity index (χ0v) is 16.0. The van der Waals surface area contributed by atoms with Crippen LogP contribution in [0.2, 0.25) is 0 Å². The van der Waals surface area contributed by atoms with E-state index in [1.54, 1.807) is 73.8 Å². The van der Waals surface area contributed by atoms with E-state index in [-0.39, 0.29) is 0 Å². The van der Waals surface area contributed by atoms with Crippen LogP contribution in [0.15, 0.2) is 72.8 Å². The maximum atomic E-state index is 13.3. The van der Waals surface area contributed by atoms with Gasteiger partial charge < -0.3 is 14.2 Å². The van der Waals surface area contributed by atoms with Gasteiger partial charge in [0.05, 0.1) is 19.8 Å². The number of nitrogens with zero attached hydrogens (tertiary/aromatic N) is 1. The molecule has 1 heterocycles. The second kappa shape index (κ2) is 7.67. The van der Waals surface area contributed by atoms with E-state index in [4.69, 9.17) is 14.2 Å². The summed E-state index contributed by atoms with van der Waals surface area (Å²) in [5, 5.41) is 0. The smallest absolute Gasteiger partial charge is 0.267 e. The maximum absolute atomic E-state index is 13.3. The number of carbonyl (C=O) groups is 2. The average Bonchev–Trinajstić information content (AvgIpc) is 2.78. The standard InChI is InChI=1S/C23H19NO5/c1-27-19-13-12-16(14-20(19)28-2)23-24(21(25)15-8-4-3-5-9-15)22(26)17-10-6-7-11-18(17)29-23/h3-14,23H,1-2H3. The third-order valence-electron chi connectivity index (χ3n) is 4.74. The van der Waals surface area contributed by atoms with Crippen LogP contribution in [0.1, 0.15) is 32.5 Å². The minimum atomic E-state index is -0.940. The molecule has 0 aromatic heterocycles. The van der Waals surface area contributed by atoms with E-state index in [9.17, 15) is 9.59 Å². The van der Waals surface area contributed by atoms with E-state index in [2.05, 4.69) is 0 Å². The Bertz CT molecular complexity index is 1060. The molecule has 0 spiro atoms. The summed E-state index contributed by atoms with van der Waals surface area (Å²) < 4.78 is 16.8. The molecule has 3 aromatic rings. The number of hydrogen-bond donors (Lipinski definition) is 0. The molecule has 29 heavy (non-hydrogen) atoms. The lowest BCUT2D eigenvalue weighted by molar-refractivity contribution is 0.0107. The molecule has 3 aromatic carbocycles. The molecule has 6 nitrogen and oxygen atoms in total. The van der Waals surface area contributed by atoms with Crippen LogP contribution in [0, 0.1) is 0 Å². The summed E-state index contributed by atoms with van der Waals surface area (Å²) in [6.07, 6.45) is -0.940. The summed E-state index contributed by atoms with van der Waals surface area (Å²) in [4.78, 5) is 27.7. The van der Waals surface area contributed by atoms with E-state index < -0.39 is 18.0 Å². The van der Waals surface area contributed by atoms with Crippen LogP contribution in [-0.4, -0.2) is 30.9 Å². The minimum absolute atomic E-state index is 0.341. The van der Waals surface area contributed by atoms with Crippen molar-refractivity contribution in [3.63, 3.8) is 0 Å². The van der Waals surface area contributed by atoms with Crippen LogP contribution >= 0.6 is 0 Å². The largest absolute Gasteiger partial charge is 0.493 e. The number of carbonyl (C=O) groups excluding carboxylic acids is 2. The third-order valence-corrected chi connectivity index (χ3v) is 4.74. The molecule has 1 atom stereocenters. The van der Waals surface area contributed by atoms with Crippen LogP contribution in [-0.2, 0) is 0 Å². The molecule has 0 fully saturated rings. The monoisotopic (exact) mass is 389 g/mol. The van der Waals surface area contributed by atoms with Gasteiger partial charge in [0.15, 0.2) is 11.5 Å². The molecule has 4 rings (SSSR count). The highest BCUT2D eigenvalue weighted by Gasteiger charge is 2.39. The van der Waals surface area contributed by atoms with Gasteiger partial charge >= 0.3 is 0 Å². The Morgan fingerprint density at radius 1 is 0.897 bits per heavy atom. The third kappa shape index (κ3) is 3.29. The zero-order valence-electron chi connectivity index (χ0n) is 16.0. The first-order valence-corrected chi connectivity index (χ1v) is 9.04. The van der Waals surface area contributed by atoms with Gasteiger partial charge in [0.25, 0.3) is 11.8 Å². The van der Waals surface area contributed by atoms with Gasteiger partial charge in [-0.2, -0.15) is 0 Å². The van der Waals surface area contributed by atoms with Crippen LogP contribution in [0.3, 0.4) is 0 Å². The lowest BCUT2D eigenvalue weighted by Gasteiger charge is -2.35. The summed E-state index contributed by atoms with van der Waals surface area (Å²) in [6, 6.07) is 20.7. The summed E-state index contributed by atoms with van der Waals surface area (Å²) in [6.45, 7) is 0. The van der Waals surface area contributed by atoms with Crippen molar-refractivity contribution in [2.45, 2.75) is 6.23 Å². The van der Waals surface area contributed by atoms with Gasteiger partial charge in [-0.15, -0.1) is 0 Å². The predicted octanol–water partition coefficient (Wildman–Crippen LogP) is 4.08. The number of benzene rings is 3. The molecule has 1 unspecified atom stereocenters. The van der Waals surface area contributed by atoms with Gasteiger partial charge in [0.1, 0.15) is 5.75 Å². The van der Waals surface area contributed by atoms with Crippen molar-refractivity contribution >= 4 is 11.8 Å². The van der Waals surface area contributed by atoms with Crippen molar-refractivity contribution in [1.29, 1.82) is 0 Å². The molecule has 2 amide bonds. The number of fused-ring (bicyclic) bond motifs is 1. The number of amides is 2. The molecule has 146 valence electrons. The van der Waals surface area contributed by atoms with E-state index in [1.807, 2.05) is 6.07 Å². The molecular formula is C23H19NO5. The molecule has 1 aliphatic heterocycles. The van der Waals surface area contributed by atoms with E-state index >= 15 is 0 Å². The Hall–Kier alpha value is -3.80. The van der Waals surface area contributed by atoms with Gasteiger partial charge in [0, 0.05) is 11.1 Å². The number of para-hydroxylation sites is 1.